The van der Waals surface area contributed by atoms with Crippen molar-refractivity contribution >= 4 is 29.9 Å². The number of hydrogen-bond acceptors (Lipinski definition) is 5. The highest BCUT2D eigenvalue weighted by atomic mass is 32.2. The third-order valence-corrected chi connectivity index (χ3v) is 5.48. The van der Waals surface area contributed by atoms with Crippen LogP contribution in [0, 0.1) is 5.92 Å². The van der Waals surface area contributed by atoms with Crippen molar-refractivity contribution in [1.82, 2.24) is 9.62 Å². The van der Waals surface area contributed by atoms with Crippen molar-refractivity contribution in [2.45, 2.75) is 31.8 Å². The summed E-state index contributed by atoms with van der Waals surface area (Å²) in [5.74, 6) is 0.319. The lowest BCUT2D eigenvalue weighted by Gasteiger charge is -2.29. The van der Waals surface area contributed by atoms with Gasteiger partial charge in [0.25, 0.3) is 0 Å². The van der Waals surface area contributed by atoms with Crippen LogP contribution in [0.4, 0.5) is 0 Å². The van der Waals surface area contributed by atoms with Gasteiger partial charge in [-0.3, -0.25) is 14.3 Å². The van der Waals surface area contributed by atoms with Gasteiger partial charge in [0.1, 0.15) is 6.29 Å². The van der Waals surface area contributed by atoms with Crippen molar-refractivity contribution in [3.05, 3.63) is 35.4 Å². The second-order valence-corrected chi connectivity index (χ2v) is 6.86. The van der Waals surface area contributed by atoms with Gasteiger partial charge in [0.2, 0.25) is 5.91 Å². The van der Waals surface area contributed by atoms with E-state index in [9.17, 15) is 14.4 Å². The van der Waals surface area contributed by atoms with Gasteiger partial charge in [-0.25, -0.2) is 0 Å². The maximum absolute atomic E-state index is 12.4. The zero-order chi connectivity index (χ0) is 16.2. The van der Waals surface area contributed by atoms with E-state index in [-0.39, 0.29) is 30.4 Å². The summed E-state index contributed by atoms with van der Waals surface area (Å²) in [7, 11) is 0. The third kappa shape index (κ3) is 3.64. The Balaban J connectivity index is 1.52. The molecule has 0 spiro atoms. The van der Waals surface area contributed by atoms with Crippen molar-refractivity contribution in [2.24, 2.45) is 5.92 Å². The maximum atomic E-state index is 12.4. The highest BCUT2D eigenvalue weighted by Crippen LogP contribution is 2.22. The second kappa shape index (κ2) is 7.27. The Morgan fingerprint density at radius 1 is 1.26 bits per heavy atom. The Morgan fingerprint density at radius 3 is 2.83 bits per heavy atom. The molecule has 3 rings (SSSR count). The van der Waals surface area contributed by atoms with Crippen molar-refractivity contribution in [3.8, 4) is 0 Å². The minimum absolute atomic E-state index is 0.0150. The lowest BCUT2D eigenvalue weighted by atomic mass is 9.96. The van der Waals surface area contributed by atoms with Crippen molar-refractivity contribution in [1.29, 1.82) is 0 Å². The van der Waals surface area contributed by atoms with Crippen LogP contribution in [0.1, 0.15) is 24.0 Å². The molecule has 5 nitrogen and oxygen atoms in total. The number of aldehydes is 1. The number of nitrogens with one attached hydrogen (secondary N) is 1. The van der Waals surface area contributed by atoms with E-state index in [2.05, 4.69) is 10.8 Å². The fourth-order valence-electron chi connectivity index (χ4n) is 3.09. The van der Waals surface area contributed by atoms with Crippen LogP contribution in [0.2, 0.25) is 0 Å². The smallest absolute Gasteiger partial charge is 0.223 e. The van der Waals surface area contributed by atoms with Crippen LogP contribution >= 0.6 is 11.9 Å². The molecule has 2 unspecified atom stereocenters. The number of Topliss-reactive ketones (excluding diaryl/α,β-unsaturated/α-hetero) is 1. The molecule has 2 aliphatic heterocycles. The van der Waals surface area contributed by atoms with Crippen LogP contribution in [0.25, 0.3) is 0 Å². The lowest BCUT2D eigenvalue weighted by molar-refractivity contribution is -0.134. The number of rotatable bonds is 5. The second-order valence-electron chi connectivity index (χ2n) is 6.01. The molecule has 0 saturated carbocycles. The quantitative estimate of drug-likeness (QED) is 0.651. The highest BCUT2D eigenvalue weighted by Gasteiger charge is 2.33. The first-order valence-electron chi connectivity index (χ1n) is 7.89. The number of hydrogen-bond donors (Lipinski definition) is 1. The molecule has 0 aliphatic carbocycles. The van der Waals surface area contributed by atoms with Crippen LogP contribution in [-0.2, 0) is 27.3 Å². The number of ketones is 1. The maximum Gasteiger partial charge on any atom is 0.223 e. The van der Waals surface area contributed by atoms with Gasteiger partial charge < -0.3 is 9.69 Å². The summed E-state index contributed by atoms with van der Waals surface area (Å²) in [6.07, 6.45) is 2.11. The number of carbonyl (C=O) groups excluding carboxylic acids is 3. The van der Waals surface area contributed by atoms with E-state index in [1.54, 1.807) is 0 Å². The van der Waals surface area contributed by atoms with Crippen LogP contribution in [0.15, 0.2) is 24.3 Å². The third-order valence-electron chi connectivity index (χ3n) is 4.50. The summed E-state index contributed by atoms with van der Waals surface area (Å²) >= 11 is 1.40. The minimum atomic E-state index is -0.438. The molecule has 1 aromatic carbocycles. The number of benzene rings is 1. The molecule has 0 radical (unpaired) electrons. The molecule has 1 aromatic rings. The van der Waals surface area contributed by atoms with Crippen LogP contribution in [-0.4, -0.2) is 41.2 Å². The first kappa shape index (κ1) is 16.2. The average Bonchev–Trinajstić information content (AvgIpc) is 3.07. The van der Waals surface area contributed by atoms with Crippen LogP contribution < -0.4 is 4.72 Å². The van der Waals surface area contributed by atoms with E-state index in [0.29, 0.717) is 18.8 Å². The Hall–Kier alpha value is -1.66. The molecule has 6 heteroatoms. The molecule has 122 valence electrons. The zero-order valence-electron chi connectivity index (χ0n) is 12.9. The fourth-order valence-corrected chi connectivity index (χ4v) is 4.14. The van der Waals surface area contributed by atoms with Gasteiger partial charge in [0, 0.05) is 37.6 Å². The van der Waals surface area contributed by atoms with Crippen molar-refractivity contribution in [3.63, 3.8) is 0 Å². The van der Waals surface area contributed by atoms with E-state index in [0.717, 1.165) is 12.7 Å². The summed E-state index contributed by atoms with van der Waals surface area (Å²) in [6, 6.07) is 7.72. The van der Waals surface area contributed by atoms with Gasteiger partial charge >= 0.3 is 0 Å². The molecule has 2 aliphatic rings. The number of fused-ring (bicyclic) bond motifs is 1. The van der Waals surface area contributed by atoms with E-state index < -0.39 is 6.04 Å². The lowest BCUT2D eigenvalue weighted by Crippen LogP contribution is -2.38. The Kier molecular flexibility index (Phi) is 5.13. The molecule has 2 atom stereocenters. The molecular weight excluding hydrogens is 312 g/mol. The first-order chi connectivity index (χ1) is 11.2. The van der Waals surface area contributed by atoms with Crippen molar-refractivity contribution in [2.75, 3.05) is 12.3 Å². The van der Waals surface area contributed by atoms with Gasteiger partial charge in [0.05, 0.1) is 6.04 Å². The summed E-state index contributed by atoms with van der Waals surface area (Å²) in [6.45, 7) is 1.33. The topological polar surface area (TPSA) is 66.5 Å². The Labute approximate surface area is 139 Å². The number of nitrogens with zero attached hydrogens (tertiary/aromatic N) is 1. The number of carbonyl (C=O) groups is 3. The van der Waals surface area contributed by atoms with Crippen molar-refractivity contribution < 1.29 is 14.4 Å². The predicted molar refractivity (Wildman–Crippen MR) is 88.7 cm³/mol. The summed E-state index contributed by atoms with van der Waals surface area (Å²) in [5, 5.41) is 0. The minimum Gasteiger partial charge on any atom is -0.338 e. The van der Waals surface area contributed by atoms with Gasteiger partial charge in [-0.1, -0.05) is 36.2 Å². The molecule has 1 fully saturated rings. The SMILES string of the molecule is O=CC1CSNC1C(=O)CCC(=O)N1CCc2ccccc2C1. The number of amides is 1. The predicted octanol–water partition coefficient (Wildman–Crippen LogP) is 1.36. The normalized spacial score (nSPS) is 23.4. The molecule has 1 saturated heterocycles. The molecule has 2 heterocycles. The van der Waals surface area contributed by atoms with E-state index >= 15 is 0 Å². The summed E-state index contributed by atoms with van der Waals surface area (Å²) < 4.78 is 2.98. The molecule has 0 bridgehead atoms. The highest BCUT2D eigenvalue weighted by molar-refractivity contribution is 7.97. The summed E-state index contributed by atoms with van der Waals surface area (Å²) in [5.41, 5.74) is 2.49. The molecular formula is C17H20N2O3S. The van der Waals surface area contributed by atoms with E-state index in [4.69, 9.17) is 0 Å². The molecule has 23 heavy (non-hydrogen) atoms. The van der Waals surface area contributed by atoms with Gasteiger partial charge in [-0.15, -0.1) is 0 Å². The van der Waals surface area contributed by atoms with Gasteiger partial charge in [0.15, 0.2) is 5.78 Å². The average molecular weight is 332 g/mol. The van der Waals surface area contributed by atoms with Crippen LogP contribution in [0.3, 0.4) is 0 Å². The largest absolute Gasteiger partial charge is 0.338 e. The molecule has 1 amide bonds. The standard InChI is InChI=1S/C17H20N2O3S/c20-10-14-11-23-18-17(14)15(21)5-6-16(22)19-8-7-12-3-1-2-4-13(12)9-19/h1-4,10,14,17-18H,5-9,11H2. The first-order valence-corrected chi connectivity index (χ1v) is 8.87. The van der Waals surface area contributed by atoms with Crippen LogP contribution in [0.5, 0.6) is 0 Å². The van der Waals surface area contributed by atoms with Gasteiger partial charge in [-0.2, -0.15) is 0 Å². The molecule has 0 aromatic heterocycles. The Morgan fingerprint density at radius 2 is 2.04 bits per heavy atom. The zero-order valence-corrected chi connectivity index (χ0v) is 13.7. The Bertz CT molecular complexity index is 620. The monoisotopic (exact) mass is 332 g/mol. The summed E-state index contributed by atoms with van der Waals surface area (Å²) in [4.78, 5) is 37.3. The van der Waals surface area contributed by atoms with Gasteiger partial charge in [-0.05, 0) is 17.5 Å². The van der Waals surface area contributed by atoms with E-state index in [1.807, 2.05) is 23.1 Å². The van der Waals surface area contributed by atoms with E-state index in [1.165, 1.54) is 23.1 Å². The fraction of sp³-hybridized carbons (Fsp3) is 0.471. The molecule has 1 N–H and O–H groups in total.